The summed E-state index contributed by atoms with van der Waals surface area (Å²) in [6.45, 7) is 2.32. The molecule has 2 saturated carbocycles. The van der Waals surface area contributed by atoms with Crippen molar-refractivity contribution in [3.05, 3.63) is 35.4 Å². The Kier molecular flexibility index (Phi) is 4.25. The highest BCUT2D eigenvalue weighted by atomic mass is 14.3. The molecule has 1 aromatic rings. The lowest BCUT2D eigenvalue weighted by atomic mass is 9.76. The smallest absolute Gasteiger partial charge is 0.0162 e. The van der Waals surface area contributed by atoms with Crippen molar-refractivity contribution < 1.29 is 0 Å². The van der Waals surface area contributed by atoms with E-state index in [0.29, 0.717) is 0 Å². The largest absolute Gasteiger partial charge is 0.0654 e. The predicted octanol–water partition coefficient (Wildman–Crippen LogP) is 6.03. The molecule has 0 spiro atoms. The van der Waals surface area contributed by atoms with E-state index in [1.165, 1.54) is 57.8 Å². The van der Waals surface area contributed by atoms with Gasteiger partial charge in [-0.2, -0.15) is 0 Å². The van der Waals surface area contributed by atoms with Gasteiger partial charge in [-0.25, -0.2) is 0 Å². The number of hydrogen-bond donors (Lipinski definition) is 0. The van der Waals surface area contributed by atoms with E-state index < -0.39 is 0 Å². The van der Waals surface area contributed by atoms with Gasteiger partial charge < -0.3 is 0 Å². The van der Waals surface area contributed by atoms with Crippen LogP contribution in [0, 0.1) is 5.92 Å². The van der Waals surface area contributed by atoms with Gasteiger partial charge in [-0.05, 0) is 67.4 Å². The summed E-state index contributed by atoms with van der Waals surface area (Å²) in [4.78, 5) is 0. The van der Waals surface area contributed by atoms with Gasteiger partial charge in [0.05, 0.1) is 0 Å². The summed E-state index contributed by atoms with van der Waals surface area (Å²) in [7, 11) is 0. The molecule has 0 heterocycles. The van der Waals surface area contributed by atoms with Crippen LogP contribution in [-0.2, 0) is 0 Å². The average Bonchev–Trinajstić information content (AvgIpc) is 2.39. The molecule has 0 saturated heterocycles. The van der Waals surface area contributed by atoms with Crippen LogP contribution in [0.5, 0.6) is 0 Å². The third-order valence-corrected chi connectivity index (χ3v) is 5.53. The van der Waals surface area contributed by atoms with Crippen LogP contribution in [0.25, 0.3) is 0 Å². The molecule has 104 valence electrons. The van der Waals surface area contributed by atoms with Gasteiger partial charge in [0.25, 0.3) is 0 Å². The maximum Gasteiger partial charge on any atom is -0.0162 e. The molecule has 0 bridgehead atoms. The SMILES string of the molecule is CCC[C@H]1CC[C@H](c2ccc(C3CCC3)cc2)CC1. The minimum atomic E-state index is 0.851. The summed E-state index contributed by atoms with van der Waals surface area (Å²) in [6, 6.07) is 9.69. The first-order valence-electron chi connectivity index (χ1n) is 8.46. The Morgan fingerprint density at radius 1 is 0.789 bits per heavy atom. The molecule has 2 aliphatic carbocycles. The van der Waals surface area contributed by atoms with Gasteiger partial charge in [-0.15, -0.1) is 0 Å². The molecule has 1 aromatic carbocycles. The van der Waals surface area contributed by atoms with Crippen molar-refractivity contribution in [1.82, 2.24) is 0 Å². The summed E-state index contributed by atoms with van der Waals surface area (Å²) in [5.74, 6) is 2.76. The van der Waals surface area contributed by atoms with Crippen LogP contribution in [0.4, 0.5) is 0 Å². The van der Waals surface area contributed by atoms with E-state index in [1.54, 1.807) is 11.1 Å². The highest BCUT2D eigenvalue weighted by molar-refractivity contribution is 5.29. The van der Waals surface area contributed by atoms with E-state index in [-0.39, 0.29) is 0 Å². The Balaban J connectivity index is 1.57. The van der Waals surface area contributed by atoms with Crippen molar-refractivity contribution in [2.45, 2.75) is 76.5 Å². The van der Waals surface area contributed by atoms with Crippen LogP contribution in [0.15, 0.2) is 24.3 Å². The second kappa shape index (κ2) is 6.11. The fourth-order valence-corrected chi connectivity index (χ4v) is 3.97. The molecule has 2 aliphatic rings. The molecular weight excluding hydrogens is 228 g/mol. The standard InChI is InChI=1S/C19H28/c1-2-4-15-7-9-17(10-8-15)19-13-11-18(12-14-19)16-5-3-6-16/h11-17H,2-10H2,1H3/t15-,17-. The number of benzene rings is 1. The van der Waals surface area contributed by atoms with Crippen molar-refractivity contribution in [1.29, 1.82) is 0 Å². The van der Waals surface area contributed by atoms with Gasteiger partial charge in [0, 0.05) is 0 Å². The quantitative estimate of drug-likeness (QED) is 0.617. The molecule has 0 amide bonds. The molecule has 19 heavy (non-hydrogen) atoms. The lowest BCUT2D eigenvalue weighted by Gasteiger charge is -2.29. The molecule has 3 rings (SSSR count). The third-order valence-electron chi connectivity index (χ3n) is 5.53. The van der Waals surface area contributed by atoms with Crippen LogP contribution >= 0.6 is 0 Å². The summed E-state index contributed by atoms with van der Waals surface area (Å²) in [5.41, 5.74) is 3.20. The van der Waals surface area contributed by atoms with Crippen molar-refractivity contribution in [3.63, 3.8) is 0 Å². The van der Waals surface area contributed by atoms with E-state index in [4.69, 9.17) is 0 Å². The van der Waals surface area contributed by atoms with Crippen LogP contribution < -0.4 is 0 Å². The molecule has 2 fully saturated rings. The monoisotopic (exact) mass is 256 g/mol. The van der Waals surface area contributed by atoms with Gasteiger partial charge in [0.1, 0.15) is 0 Å². The molecular formula is C19H28. The highest BCUT2D eigenvalue weighted by Gasteiger charge is 2.23. The zero-order valence-electron chi connectivity index (χ0n) is 12.4. The van der Waals surface area contributed by atoms with Gasteiger partial charge in [-0.1, -0.05) is 50.5 Å². The first kappa shape index (κ1) is 13.2. The Bertz CT molecular complexity index is 377. The Morgan fingerprint density at radius 2 is 1.32 bits per heavy atom. The van der Waals surface area contributed by atoms with Crippen molar-refractivity contribution >= 4 is 0 Å². The Hall–Kier alpha value is -0.780. The molecule has 0 aliphatic heterocycles. The fourth-order valence-electron chi connectivity index (χ4n) is 3.97. The molecule has 0 radical (unpaired) electrons. The van der Waals surface area contributed by atoms with Gasteiger partial charge in [0.15, 0.2) is 0 Å². The predicted molar refractivity (Wildman–Crippen MR) is 82.6 cm³/mol. The van der Waals surface area contributed by atoms with Crippen LogP contribution in [0.1, 0.15) is 87.7 Å². The van der Waals surface area contributed by atoms with Crippen LogP contribution in [-0.4, -0.2) is 0 Å². The summed E-state index contributed by atoms with van der Waals surface area (Å²) in [6.07, 6.45) is 12.9. The van der Waals surface area contributed by atoms with E-state index in [9.17, 15) is 0 Å². The van der Waals surface area contributed by atoms with Gasteiger partial charge in [0.2, 0.25) is 0 Å². The number of hydrogen-bond acceptors (Lipinski definition) is 0. The van der Waals surface area contributed by atoms with Crippen molar-refractivity contribution in [2.24, 2.45) is 5.92 Å². The van der Waals surface area contributed by atoms with Crippen LogP contribution in [0.3, 0.4) is 0 Å². The zero-order chi connectivity index (χ0) is 13.1. The topological polar surface area (TPSA) is 0 Å². The number of rotatable bonds is 4. The van der Waals surface area contributed by atoms with Gasteiger partial charge >= 0.3 is 0 Å². The Morgan fingerprint density at radius 3 is 1.74 bits per heavy atom. The lowest BCUT2D eigenvalue weighted by Crippen LogP contribution is -2.13. The van der Waals surface area contributed by atoms with E-state index in [2.05, 4.69) is 31.2 Å². The van der Waals surface area contributed by atoms with Crippen LogP contribution in [0.2, 0.25) is 0 Å². The minimum absolute atomic E-state index is 0.851. The molecule has 0 nitrogen and oxygen atoms in total. The Labute approximate surface area is 118 Å². The summed E-state index contributed by atoms with van der Waals surface area (Å²) >= 11 is 0. The van der Waals surface area contributed by atoms with Gasteiger partial charge in [-0.3, -0.25) is 0 Å². The summed E-state index contributed by atoms with van der Waals surface area (Å²) in [5, 5.41) is 0. The van der Waals surface area contributed by atoms with E-state index in [1.807, 2.05) is 0 Å². The molecule has 0 heteroatoms. The average molecular weight is 256 g/mol. The minimum Gasteiger partial charge on any atom is -0.0654 e. The zero-order valence-corrected chi connectivity index (χ0v) is 12.4. The first-order valence-corrected chi connectivity index (χ1v) is 8.46. The third kappa shape index (κ3) is 3.04. The maximum absolute atomic E-state index is 2.43. The molecule has 0 atom stereocenters. The first-order chi connectivity index (χ1) is 9.36. The second-order valence-electron chi connectivity index (χ2n) is 6.80. The molecule has 0 aromatic heterocycles. The van der Waals surface area contributed by atoms with Crippen molar-refractivity contribution in [2.75, 3.05) is 0 Å². The van der Waals surface area contributed by atoms with E-state index >= 15 is 0 Å². The fraction of sp³-hybridized carbons (Fsp3) is 0.684. The van der Waals surface area contributed by atoms with E-state index in [0.717, 1.165) is 17.8 Å². The second-order valence-corrected chi connectivity index (χ2v) is 6.80. The maximum atomic E-state index is 2.43. The normalized spacial score (nSPS) is 28.1. The lowest BCUT2D eigenvalue weighted by molar-refractivity contribution is 0.308. The molecule has 0 N–H and O–H groups in total. The summed E-state index contributed by atoms with van der Waals surface area (Å²) < 4.78 is 0. The highest BCUT2D eigenvalue weighted by Crippen LogP contribution is 2.39. The molecule has 0 unspecified atom stereocenters. The van der Waals surface area contributed by atoms with Crippen molar-refractivity contribution in [3.8, 4) is 0 Å².